The molecule has 0 aliphatic heterocycles. The highest BCUT2D eigenvalue weighted by Crippen LogP contribution is 2.30. The fourth-order valence-corrected chi connectivity index (χ4v) is 2.87. The third-order valence-electron chi connectivity index (χ3n) is 3.88. The number of nitrogens with two attached hydrogens (primary N) is 1. The van der Waals surface area contributed by atoms with Crippen LogP contribution in [-0.2, 0) is 0 Å². The summed E-state index contributed by atoms with van der Waals surface area (Å²) in [6, 6.07) is 0. The van der Waals surface area contributed by atoms with E-state index in [0.29, 0.717) is 5.82 Å². The lowest BCUT2D eigenvalue weighted by molar-refractivity contribution is 0.536. The summed E-state index contributed by atoms with van der Waals surface area (Å²) in [7, 11) is 0. The van der Waals surface area contributed by atoms with Crippen molar-refractivity contribution in [2.75, 3.05) is 17.3 Å². The minimum absolute atomic E-state index is 0.632. The Hall–Kier alpha value is -1.82. The van der Waals surface area contributed by atoms with Gasteiger partial charge in [0.25, 0.3) is 0 Å². The Morgan fingerprint density at radius 3 is 3.11 bits per heavy atom. The first-order valence-corrected chi connectivity index (χ1v) is 6.80. The minimum atomic E-state index is 0.632. The molecule has 0 amide bonds. The predicted octanol–water partition coefficient (Wildman–Crippen LogP) is 1.86. The van der Waals surface area contributed by atoms with Crippen LogP contribution < -0.4 is 16.6 Å². The van der Waals surface area contributed by atoms with E-state index in [9.17, 15) is 0 Å². The van der Waals surface area contributed by atoms with E-state index in [-0.39, 0.29) is 0 Å². The second-order valence-corrected chi connectivity index (χ2v) is 5.44. The molecule has 6 nitrogen and oxygen atoms in total. The first-order chi connectivity index (χ1) is 9.26. The van der Waals surface area contributed by atoms with Gasteiger partial charge in [0.05, 0.1) is 6.20 Å². The van der Waals surface area contributed by atoms with Crippen LogP contribution in [0.15, 0.2) is 18.6 Å². The minimum Gasteiger partial charge on any atom is -0.367 e. The summed E-state index contributed by atoms with van der Waals surface area (Å²) in [5, 5.41) is 3.42. The van der Waals surface area contributed by atoms with Crippen LogP contribution in [0, 0.1) is 11.8 Å². The zero-order chi connectivity index (χ0) is 13.2. The summed E-state index contributed by atoms with van der Waals surface area (Å²) >= 11 is 0. The van der Waals surface area contributed by atoms with E-state index < -0.39 is 0 Å². The molecule has 19 heavy (non-hydrogen) atoms. The van der Waals surface area contributed by atoms with E-state index in [1.54, 1.807) is 6.20 Å². The lowest BCUT2D eigenvalue weighted by Gasteiger charge is -2.13. The van der Waals surface area contributed by atoms with Crippen LogP contribution in [0.3, 0.4) is 0 Å². The summed E-state index contributed by atoms with van der Waals surface area (Å²) in [6.45, 7) is 3.28. The van der Waals surface area contributed by atoms with Gasteiger partial charge in [-0.3, -0.25) is 0 Å². The van der Waals surface area contributed by atoms with Gasteiger partial charge in [0, 0.05) is 18.9 Å². The maximum Gasteiger partial charge on any atom is 0.180 e. The molecule has 2 aromatic rings. The molecule has 2 aromatic heterocycles. The van der Waals surface area contributed by atoms with Gasteiger partial charge in [-0.15, -0.1) is 0 Å². The molecule has 1 saturated carbocycles. The Morgan fingerprint density at radius 1 is 1.47 bits per heavy atom. The molecule has 2 atom stereocenters. The average Bonchev–Trinajstić information content (AvgIpc) is 3.04. The fraction of sp³-hybridized carbons (Fsp3) is 0.538. The van der Waals surface area contributed by atoms with E-state index in [4.69, 9.17) is 5.84 Å². The molecule has 0 radical (unpaired) electrons. The van der Waals surface area contributed by atoms with E-state index in [1.165, 1.54) is 19.3 Å². The maximum atomic E-state index is 5.44. The van der Waals surface area contributed by atoms with Crippen molar-refractivity contribution in [1.29, 1.82) is 0 Å². The third kappa shape index (κ3) is 2.49. The molecule has 1 fully saturated rings. The van der Waals surface area contributed by atoms with Gasteiger partial charge in [0.15, 0.2) is 17.3 Å². The zero-order valence-corrected chi connectivity index (χ0v) is 11.1. The van der Waals surface area contributed by atoms with Gasteiger partial charge >= 0.3 is 0 Å². The van der Waals surface area contributed by atoms with Gasteiger partial charge in [-0.25, -0.2) is 15.8 Å². The van der Waals surface area contributed by atoms with Crippen molar-refractivity contribution < 1.29 is 0 Å². The highest BCUT2D eigenvalue weighted by atomic mass is 15.3. The second-order valence-electron chi connectivity index (χ2n) is 5.44. The van der Waals surface area contributed by atoms with E-state index in [0.717, 1.165) is 29.8 Å². The van der Waals surface area contributed by atoms with Gasteiger partial charge in [-0.1, -0.05) is 13.3 Å². The van der Waals surface area contributed by atoms with Gasteiger partial charge < -0.3 is 15.1 Å². The highest BCUT2D eigenvalue weighted by Gasteiger charge is 2.21. The van der Waals surface area contributed by atoms with E-state index in [1.807, 2.05) is 16.8 Å². The number of nitrogens with one attached hydrogen (secondary N) is 2. The predicted molar refractivity (Wildman–Crippen MR) is 75.8 cm³/mol. The Bertz CT molecular complexity index is 563. The van der Waals surface area contributed by atoms with Gasteiger partial charge in [-0.2, -0.15) is 0 Å². The lowest BCUT2D eigenvalue weighted by Crippen LogP contribution is -2.15. The SMILES string of the molecule is CC1CCC(CNc2nc(NN)cn3ccnc23)C1. The van der Waals surface area contributed by atoms with Crippen molar-refractivity contribution >= 4 is 17.3 Å². The highest BCUT2D eigenvalue weighted by molar-refractivity contribution is 5.65. The largest absolute Gasteiger partial charge is 0.367 e. The number of hydrazine groups is 1. The molecule has 2 heterocycles. The molecule has 6 heteroatoms. The van der Waals surface area contributed by atoms with Gasteiger partial charge in [0.2, 0.25) is 0 Å². The number of nitrogen functional groups attached to an aromatic ring is 1. The molecule has 0 spiro atoms. The van der Waals surface area contributed by atoms with Crippen LogP contribution >= 0.6 is 0 Å². The first-order valence-electron chi connectivity index (χ1n) is 6.80. The molecule has 3 rings (SSSR count). The van der Waals surface area contributed by atoms with Crippen LogP contribution in [0.1, 0.15) is 26.2 Å². The van der Waals surface area contributed by atoms with Crippen LogP contribution in [0.25, 0.3) is 5.65 Å². The average molecular weight is 260 g/mol. The van der Waals surface area contributed by atoms with Crippen LogP contribution in [0.5, 0.6) is 0 Å². The van der Waals surface area contributed by atoms with Crippen molar-refractivity contribution in [3.63, 3.8) is 0 Å². The Kier molecular flexibility index (Phi) is 3.25. The Morgan fingerprint density at radius 2 is 2.37 bits per heavy atom. The number of hydrogen-bond acceptors (Lipinski definition) is 5. The molecular formula is C13H20N6. The van der Waals surface area contributed by atoms with Gasteiger partial charge in [-0.05, 0) is 24.7 Å². The van der Waals surface area contributed by atoms with E-state index >= 15 is 0 Å². The molecule has 4 N–H and O–H groups in total. The molecule has 1 aliphatic rings. The topological polar surface area (TPSA) is 80.3 Å². The summed E-state index contributed by atoms with van der Waals surface area (Å²) < 4.78 is 1.92. The summed E-state index contributed by atoms with van der Waals surface area (Å²) in [5.41, 5.74) is 3.42. The first kappa shape index (κ1) is 12.2. The molecule has 0 saturated heterocycles. The molecular weight excluding hydrogens is 240 g/mol. The fourth-order valence-electron chi connectivity index (χ4n) is 2.87. The van der Waals surface area contributed by atoms with Crippen molar-refractivity contribution in [3.8, 4) is 0 Å². The molecule has 0 aromatic carbocycles. The summed E-state index contributed by atoms with van der Waals surface area (Å²) in [4.78, 5) is 8.76. The number of hydrogen-bond donors (Lipinski definition) is 3. The van der Waals surface area contributed by atoms with Crippen LogP contribution in [-0.4, -0.2) is 20.9 Å². The van der Waals surface area contributed by atoms with Crippen molar-refractivity contribution in [2.24, 2.45) is 17.7 Å². The van der Waals surface area contributed by atoms with Crippen LogP contribution in [0.4, 0.5) is 11.6 Å². The number of aromatic nitrogens is 3. The second kappa shape index (κ2) is 5.05. The molecule has 102 valence electrons. The lowest BCUT2D eigenvalue weighted by atomic mass is 10.1. The maximum absolute atomic E-state index is 5.44. The number of imidazole rings is 1. The quantitative estimate of drug-likeness (QED) is 0.577. The third-order valence-corrected chi connectivity index (χ3v) is 3.88. The zero-order valence-electron chi connectivity index (χ0n) is 11.1. The monoisotopic (exact) mass is 260 g/mol. The standard InChI is InChI=1S/C13H20N6/c1-9-2-3-10(6-9)7-16-12-13-15-4-5-19(13)8-11(17-12)18-14/h4-5,8-10,18H,2-3,6-7,14H2,1H3,(H,16,17). The summed E-state index contributed by atoms with van der Waals surface area (Å²) in [5.74, 6) is 8.45. The number of fused-ring (bicyclic) bond motifs is 1. The molecule has 2 unspecified atom stereocenters. The molecule has 1 aliphatic carbocycles. The summed E-state index contributed by atoms with van der Waals surface area (Å²) in [6.07, 6.45) is 9.41. The Labute approximate surface area is 112 Å². The number of anilines is 2. The van der Waals surface area contributed by atoms with E-state index in [2.05, 4.69) is 27.6 Å². The van der Waals surface area contributed by atoms with Crippen molar-refractivity contribution in [2.45, 2.75) is 26.2 Å². The van der Waals surface area contributed by atoms with Crippen molar-refractivity contribution in [1.82, 2.24) is 14.4 Å². The van der Waals surface area contributed by atoms with Crippen molar-refractivity contribution in [3.05, 3.63) is 18.6 Å². The van der Waals surface area contributed by atoms with Gasteiger partial charge in [0.1, 0.15) is 0 Å². The smallest absolute Gasteiger partial charge is 0.180 e. The number of rotatable bonds is 4. The normalized spacial score (nSPS) is 22.8. The van der Waals surface area contributed by atoms with Crippen LogP contribution in [0.2, 0.25) is 0 Å². The molecule has 0 bridgehead atoms. The number of nitrogens with zero attached hydrogens (tertiary/aromatic N) is 3. The Balaban J connectivity index is 1.77.